The number of nitrogens with one attached hydrogen (secondary N) is 1. The second-order valence-corrected chi connectivity index (χ2v) is 4.64. The summed E-state index contributed by atoms with van der Waals surface area (Å²) in [5, 5.41) is 11.3. The van der Waals surface area contributed by atoms with E-state index in [-0.39, 0.29) is 6.04 Å². The van der Waals surface area contributed by atoms with Crippen molar-refractivity contribution in [2.75, 3.05) is 7.05 Å². The molecule has 2 aromatic rings. The van der Waals surface area contributed by atoms with E-state index in [0.717, 1.165) is 29.4 Å². The van der Waals surface area contributed by atoms with E-state index in [1.807, 2.05) is 19.9 Å². The molecule has 5 heteroatoms. The van der Waals surface area contributed by atoms with Crippen molar-refractivity contribution in [3.05, 3.63) is 58.4 Å². The normalized spacial score (nSPS) is 12.4. The third kappa shape index (κ3) is 2.82. The highest BCUT2D eigenvalue weighted by molar-refractivity contribution is 5.35. The Labute approximate surface area is 117 Å². The minimum atomic E-state index is -0.848. The third-order valence-corrected chi connectivity index (χ3v) is 3.24. The molecular formula is C15H17F2N3. The number of hydrogen-bond donors (Lipinski definition) is 1. The third-order valence-electron chi connectivity index (χ3n) is 3.24. The van der Waals surface area contributed by atoms with Gasteiger partial charge in [0.15, 0.2) is 11.6 Å². The molecule has 1 aromatic heterocycles. The summed E-state index contributed by atoms with van der Waals surface area (Å²) < 4.78 is 26.5. The van der Waals surface area contributed by atoms with Gasteiger partial charge in [0.05, 0.1) is 17.4 Å². The van der Waals surface area contributed by atoms with E-state index in [2.05, 4.69) is 15.5 Å². The molecule has 0 saturated heterocycles. The van der Waals surface area contributed by atoms with Crippen molar-refractivity contribution >= 4 is 0 Å². The number of nitrogens with zero attached hydrogens (tertiary/aromatic N) is 2. The molecule has 0 aliphatic carbocycles. The van der Waals surface area contributed by atoms with Gasteiger partial charge < -0.3 is 5.32 Å². The molecule has 1 N–H and O–H groups in total. The molecule has 0 spiro atoms. The standard InChI is InChI=1S/C15H17F2N3/c1-4-14-11(7-9(2)19-20-14)15(18-3)10-5-6-12(16)13(17)8-10/h5-8,15,18H,4H2,1-3H3. The van der Waals surface area contributed by atoms with Crippen LogP contribution in [-0.4, -0.2) is 17.2 Å². The highest BCUT2D eigenvalue weighted by Gasteiger charge is 2.18. The first-order valence-corrected chi connectivity index (χ1v) is 6.52. The van der Waals surface area contributed by atoms with Gasteiger partial charge in [0, 0.05) is 0 Å². The molecule has 2 rings (SSSR count). The quantitative estimate of drug-likeness (QED) is 0.933. The second-order valence-electron chi connectivity index (χ2n) is 4.64. The SMILES string of the molecule is CCc1nnc(C)cc1C(NC)c1ccc(F)c(F)c1. The largest absolute Gasteiger partial charge is 0.309 e. The van der Waals surface area contributed by atoms with E-state index < -0.39 is 11.6 Å². The molecule has 0 radical (unpaired) electrons. The summed E-state index contributed by atoms with van der Waals surface area (Å²) in [6, 6.07) is 5.62. The predicted molar refractivity (Wildman–Crippen MR) is 73.4 cm³/mol. The van der Waals surface area contributed by atoms with E-state index in [1.54, 1.807) is 13.1 Å². The van der Waals surface area contributed by atoms with Gasteiger partial charge in [-0.05, 0) is 49.7 Å². The highest BCUT2D eigenvalue weighted by atomic mass is 19.2. The Morgan fingerprint density at radius 3 is 2.50 bits per heavy atom. The lowest BCUT2D eigenvalue weighted by Gasteiger charge is -2.20. The fourth-order valence-electron chi connectivity index (χ4n) is 2.25. The summed E-state index contributed by atoms with van der Waals surface area (Å²) in [5.41, 5.74) is 3.24. The van der Waals surface area contributed by atoms with Crippen LogP contribution >= 0.6 is 0 Å². The van der Waals surface area contributed by atoms with Gasteiger partial charge in [-0.1, -0.05) is 13.0 Å². The number of halogens is 2. The molecule has 1 aromatic carbocycles. The van der Waals surface area contributed by atoms with Crippen LogP contribution in [0.15, 0.2) is 24.3 Å². The van der Waals surface area contributed by atoms with Crippen LogP contribution in [0.25, 0.3) is 0 Å². The van der Waals surface area contributed by atoms with Gasteiger partial charge in [0.2, 0.25) is 0 Å². The van der Waals surface area contributed by atoms with Gasteiger partial charge in [-0.15, -0.1) is 0 Å². The topological polar surface area (TPSA) is 37.8 Å². The molecule has 0 aliphatic rings. The average molecular weight is 277 g/mol. The molecule has 0 bridgehead atoms. The van der Waals surface area contributed by atoms with Crippen molar-refractivity contribution in [2.45, 2.75) is 26.3 Å². The lowest BCUT2D eigenvalue weighted by molar-refractivity contribution is 0.504. The summed E-state index contributed by atoms with van der Waals surface area (Å²) >= 11 is 0. The molecule has 106 valence electrons. The molecule has 0 saturated carbocycles. The van der Waals surface area contributed by atoms with Crippen molar-refractivity contribution < 1.29 is 8.78 Å². The first-order valence-electron chi connectivity index (χ1n) is 6.52. The van der Waals surface area contributed by atoms with Crippen LogP contribution in [-0.2, 0) is 6.42 Å². The molecule has 3 nitrogen and oxygen atoms in total. The lowest BCUT2D eigenvalue weighted by Crippen LogP contribution is -2.20. The first kappa shape index (κ1) is 14.5. The highest BCUT2D eigenvalue weighted by Crippen LogP contribution is 2.25. The number of hydrogen-bond acceptors (Lipinski definition) is 3. The van der Waals surface area contributed by atoms with E-state index in [1.165, 1.54) is 6.07 Å². The Balaban J connectivity index is 2.51. The monoisotopic (exact) mass is 277 g/mol. The second kappa shape index (κ2) is 6.05. The maximum Gasteiger partial charge on any atom is 0.159 e. The van der Waals surface area contributed by atoms with Gasteiger partial charge in [0.25, 0.3) is 0 Å². The van der Waals surface area contributed by atoms with Crippen molar-refractivity contribution in [1.29, 1.82) is 0 Å². The van der Waals surface area contributed by atoms with Crippen molar-refractivity contribution in [1.82, 2.24) is 15.5 Å². The Hall–Kier alpha value is -1.88. The van der Waals surface area contributed by atoms with Gasteiger partial charge >= 0.3 is 0 Å². The van der Waals surface area contributed by atoms with Gasteiger partial charge in [-0.3, -0.25) is 0 Å². The smallest absolute Gasteiger partial charge is 0.159 e. The van der Waals surface area contributed by atoms with Crippen LogP contribution in [0, 0.1) is 18.6 Å². The summed E-state index contributed by atoms with van der Waals surface area (Å²) in [5.74, 6) is -1.69. The Kier molecular flexibility index (Phi) is 4.39. The summed E-state index contributed by atoms with van der Waals surface area (Å²) in [6.07, 6.45) is 0.727. The molecular weight excluding hydrogens is 260 g/mol. The van der Waals surface area contributed by atoms with Gasteiger partial charge in [-0.2, -0.15) is 10.2 Å². The van der Waals surface area contributed by atoms with Crippen LogP contribution in [0.4, 0.5) is 8.78 Å². The summed E-state index contributed by atoms with van der Waals surface area (Å²) in [6.45, 7) is 3.84. The molecule has 20 heavy (non-hydrogen) atoms. The Bertz CT molecular complexity index is 614. The molecule has 1 atom stereocenters. The Morgan fingerprint density at radius 1 is 1.15 bits per heavy atom. The van der Waals surface area contributed by atoms with E-state index >= 15 is 0 Å². The van der Waals surface area contributed by atoms with Crippen molar-refractivity contribution in [3.63, 3.8) is 0 Å². The fourth-order valence-corrected chi connectivity index (χ4v) is 2.25. The van der Waals surface area contributed by atoms with Gasteiger partial charge in [-0.25, -0.2) is 8.78 Å². The lowest BCUT2D eigenvalue weighted by atomic mass is 9.96. The summed E-state index contributed by atoms with van der Waals surface area (Å²) in [7, 11) is 1.78. The minimum absolute atomic E-state index is 0.241. The molecule has 0 amide bonds. The maximum absolute atomic E-state index is 13.4. The maximum atomic E-state index is 13.4. The zero-order valence-corrected chi connectivity index (χ0v) is 11.7. The zero-order valence-electron chi connectivity index (χ0n) is 11.7. The van der Waals surface area contributed by atoms with E-state index in [9.17, 15) is 8.78 Å². The first-order chi connectivity index (χ1) is 9.56. The van der Waals surface area contributed by atoms with Crippen molar-refractivity contribution in [2.24, 2.45) is 0 Å². The minimum Gasteiger partial charge on any atom is -0.309 e. The van der Waals surface area contributed by atoms with Crippen LogP contribution in [0.1, 0.15) is 35.5 Å². The van der Waals surface area contributed by atoms with Crippen LogP contribution < -0.4 is 5.32 Å². The Morgan fingerprint density at radius 2 is 1.90 bits per heavy atom. The van der Waals surface area contributed by atoms with Crippen molar-refractivity contribution in [3.8, 4) is 0 Å². The molecule has 0 aliphatic heterocycles. The van der Waals surface area contributed by atoms with Crippen LogP contribution in [0.2, 0.25) is 0 Å². The van der Waals surface area contributed by atoms with Crippen LogP contribution in [0.5, 0.6) is 0 Å². The number of aromatic nitrogens is 2. The average Bonchev–Trinajstić information content (AvgIpc) is 2.44. The molecule has 1 heterocycles. The number of benzene rings is 1. The fraction of sp³-hybridized carbons (Fsp3) is 0.333. The van der Waals surface area contributed by atoms with E-state index in [4.69, 9.17) is 0 Å². The predicted octanol–water partition coefficient (Wildman–Crippen LogP) is 2.93. The van der Waals surface area contributed by atoms with Crippen LogP contribution in [0.3, 0.4) is 0 Å². The summed E-state index contributed by atoms with van der Waals surface area (Å²) in [4.78, 5) is 0. The number of rotatable bonds is 4. The zero-order chi connectivity index (χ0) is 14.7. The van der Waals surface area contributed by atoms with Gasteiger partial charge in [0.1, 0.15) is 0 Å². The molecule has 0 fully saturated rings. The number of aryl methyl sites for hydroxylation is 2. The molecule has 1 unspecified atom stereocenters. The van der Waals surface area contributed by atoms with E-state index in [0.29, 0.717) is 5.56 Å².